The van der Waals surface area contributed by atoms with E-state index in [0.29, 0.717) is 6.54 Å². The van der Waals surface area contributed by atoms with Crippen molar-refractivity contribution in [1.82, 2.24) is 25.3 Å². The molecule has 6 nitrogen and oxygen atoms in total. The molecule has 1 saturated heterocycles. The van der Waals surface area contributed by atoms with Gasteiger partial charge in [0.25, 0.3) is 0 Å². The Balaban J connectivity index is 0.00000320. The van der Waals surface area contributed by atoms with E-state index in [-0.39, 0.29) is 24.0 Å². The number of guanidine groups is 1. The fourth-order valence-electron chi connectivity index (χ4n) is 4.11. The average Bonchev–Trinajstić information content (AvgIpc) is 3.07. The molecular formula is C23H37IN6. The Morgan fingerprint density at radius 3 is 2.53 bits per heavy atom. The van der Waals surface area contributed by atoms with Gasteiger partial charge in [-0.25, -0.2) is 4.68 Å². The number of aromatic nitrogens is 2. The number of aryl methyl sites for hydroxylation is 2. The number of nitrogens with one attached hydrogen (secondary N) is 2. The van der Waals surface area contributed by atoms with Crippen LogP contribution in [0.2, 0.25) is 0 Å². The summed E-state index contributed by atoms with van der Waals surface area (Å²) < 4.78 is 2.02. The summed E-state index contributed by atoms with van der Waals surface area (Å²) in [7, 11) is 1.84. The molecule has 1 aromatic carbocycles. The second-order valence-corrected chi connectivity index (χ2v) is 8.06. The van der Waals surface area contributed by atoms with Crippen LogP contribution in [0.15, 0.2) is 35.3 Å². The minimum absolute atomic E-state index is 0. The van der Waals surface area contributed by atoms with Gasteiger partial charge in [-0.1, -0.05) is 25.1 Å². The molecule has 0 spiro atoms. The van der Waals surface area contributed by atoms with Crippen molar-refractivity contribution < 1.29 is 0 Å². The molecule has 1 aromatic heterocycles. The van der Waals surface area contributed by atoms with Gasteiger partial charge in [0.2, 0.25) is 0 Å². The van der Waals surface area contributed by atoms with Crippen molar-refractivity contribution in [2.45, 2.75) is 46.6 Å². The van der Waals surface area contributed by atoms with Crippen molar-refractivity contribution >= 4 is 29.9 Å². The van der Waals surface area contributed by atoms with Gasteiger partial charge < -0.3 is 15.5 Å². The van der Waals surface area contributed by atoms with Crippen molar-refractivity contribution in [2.24, 2.45) is 10.9 Å². The molecule has 1 fully saturated rings. The Morgan fingerprint density at radius 1 is 1.17 bits per heavy atom. The van der Waals surface area contributed by atoms with Crippen LogP contribution in [0.1, 0.15) is 43.1 Å². The molecule has 2 aromatic rings. The zero-order valence-electron chi connectivity index (χ0n) is 18.8. The van der Waals surface area contributed by atoms with Crippen LogP contribution in [-0.4, -0.2) is 53.9 Å². The molecule has 30 heavy (non-hydrogen) atoms. The second-order valence-electron chi connectivity index (χ2n) is 8.06. The first kappa shape index (κ1) is 24.7. The maximum Gasteiger partial charge on any atom is 0.191 e. The standard InChI is InChI=1S/C23H36N6.HI/c1-5-12-28-13-10-20(11-14-28)16-25-23(24-4)26-17-21-8-6-7-9-22(21)29-19(3)15-18(2)27-29;/h6-9,15,20H,5,10-14,16-17H2,1-4H3,(H2,24,25,26);1H. The molecule has 0 radical (unpaired) electrons. The summed E-state index contributed by atoms with van der Waals surface area (Å²) >= 11 is 0. The predicted molar refractivity (Wildman–Crippen MR) is 136 cm³/mol. The number of para-hydroxylation sites is 1. The first-order valence-corrected chi connectivity index (χ1v) is 10.9. The third-order valence-electron chi connectivity index (χ3n) is 5.70. The van der Waals surface area contributed by atoms with Crippen LogP contribution >= 0.6 is 24.0 Å². The quantitative estimate of drug-likeness (QED) is 0.328. The number of halogens is 1. The van der Waals surface area contributed by atoms with Gasteiger partial charge in [0.15, 0.2) is 5.96 Å². The Labute approximate surface area is 198 Å². The Morgan fingerprint density at radius 2 is 1.90 bits per heavy atom. The van der Waals surface area contributed by atoms with E-state index in [0.717, 1.165) is 35.5 Å². The zero-order chi connectivity index (χ0) is 20.6. The van der Waals surface area contributed by atoms with E-state index in [9.17, 15) is 0 Å². The summed E-state index contributed by atoms with van der Waals surface area (Å²) in [5.41, 5.74) is 4.50. The average molecular weight is 524 g/mol. The molecule has 0 unspecified atom stereocenters. The summed E-state index contributed by atoms with van der Waals surface area (Å²) in [6.07, 6.45) is 3.79. The van der Waals surface area contributed by atoms with E-state index in [4.69, 9.17) is 0 Å². The number of nitrogens with zero attached hydrogens (tertiary/aromatic N) is 4. The molecule has 0 bridgehead atoms. The largest absolute Gasteiger partial charge is 0.356 e. The van der Waals surface area contributed by atoms with Gasteiger partial charge in [-0.15, -0.1) is 24.0 Å². The van der Waals surface area contributed by atoms with Crippen molar-refractivity contribution in [3.05, 3.63) is 47.3 Å². The molecule has 0 amide bonds. The van der Waals surface area contributed by atoms with Gasteiger partial charge in [-0.2, -0.15) is 5.10 Å². The molecular weight excluding hydrogens is 487 g/mol. The van der Waals surface area contributed by atoms with Crippen LogP contribution in [0, 0.1) is 19.8 Å². The molecule has 0 atom stereocenters. The van der Waals surface area contributed by atoms with Gasteiger partial charge in [0, 0.05) is 25.8 Å². The molecule has 1 aliphatic heterocycles. The third kappa shape index (κ3) is 6.70. The highest BCUT2D eigenvalue weighted by Crippen LogP contribution is 2.18. The second kappa shape index (κ2) is 12.3. The van der Waals surface area contributed by atoms with E-state index in [2.05, 4.69) is 69.8 Å². The number of likely N-dealkylation sites (tertiary alicyclic amines) is 1. The Bertz CT molecular complexity index is 808. The van der Waals surface area contributed by atoms with Crippen LogP contribution in [0.25, 0.3) is 5.69 Å². The monoisotopic (exact) mass is 524 g/mol. The molecule has 2 heterocycles. The van der Waals surface area contributed by atoms with Gasteiger partial charge in [-0.05, 0) is 76.4 Å². The maximum atomic E-state index is 4.64. The van der Waals surface area contributed by atoms with Crippen LogP contribution in [-0.2, 0) is 6.54 Å². The Hall–Kier alpha value is -1.61. The van der Waals surface area contributed by atoms with E-state index >= 15 is 0 Å². The van der Waals surface area contributed by atoms with E-state index in [1.54, 1.807) is 0 Å². The van der Waals surface area contributed by atoms with Gasteiger partial charge in [0.1, 0.15) is 0 Å². The van der Waals surface area contributed by atoms with Crippen molar-refractivity contribution in [2.75, 3.05) is 33.2 Å². The minimum Gasteiger partial charge on any atom is -0.356 e. The summed E-state index contributed by atoms with van der Waals surface area (Å²) in [5, 5.41) is 11.7. The summed E-state index contributed by atoms with van der Waals surface area (Å²) in [4.78, 5) is 7.00. The molecule has 166 valence electrons. The van der Waals surface area contributed by atoms with Gasteiger partial charge in [-0.3, -0.25) is 4.99 Å². The molecule has 1 aliphatic rings. The van der Waals surface area contributed by atoms with Crippen LogP contribution in [0.3, 0.4) is 0 Å². The highest BCUT2D eigenvalue weighted by molar-refractivity contribution is 14.0. The number of aliphatic imine (C=N–C) groups is 1. The number of hydrogen-bond acceptors (Lipinski definition) is 3. The molecule has 3 rings (SSSR count). The lowest BCUT2D eigenvalue weighted by molar-refractivity contribution is 0.185. The Kier molecular flexibility index (Phi) is 10.1. The first-order valence-electron chi connectivity index (χ1n) is 10.9. The number of hydrogen-bond donors (Lipinski definition) is 2. The third-order valence-corrected chi connectivity index (χ3v) is 5.70. The number of piperidine rings is 1. The molecule has 7 heteroatoms. The van der Waals surface area contributed by atoms with E-state index in [1.807, 2.05) is 18.7 Å². The minimum atomic E-state index is 0. The van der Waals surface area contributed by atoms with Crippen molar-refractivity contribution in [3.63, 3.8) is 0 Å². The van der Waals surface area contributed by atoms with Crippen LogP contribution in [0.4, 0.5) is 0 Å². The van der Waals surface area contributed by atoms with Crippen LogP contribution in [0.5, 0.6) is 0 Å². The first-order chi connectivity index (χ1) is 14.1. The van der Waals surface area contributed by atoms with Gasteiger partial charge in [0.05, 0.1) is 11.4 Å². The highest BCUT2D eigenvalue weighted by Gasteiger charge is 2.18. The van der Waals surface area contributed by atoms with Gasteiger partial charge >= 0.3 is 0 Å². The van der Waals surface area contributed by atoms with Crippen molar-refractivity contribution in [3.8, 4) is 5.69 Å². The van der Waals surface area contributed by atoms with Crippen molar-refractivity contribution in [1.29, 1.82) is 0 Å². The predicted octanol–water partition coefficient (Wildman–Crippen LogP) is 3.89. The smallest absolute Gasteiger partial charge is 0.191 e. The van der Waals surface area contributed by atoms with Crippen LogP contribution < -0.4 is 10.6 Å². The lowest BCUT2D eigenvalue weighted by Crippen LogP contribution is -2.42. The molecule has 0 aliphatic carbocycles. The van der Waals surface area contributed by atoms with E-state index in [1.165, 1.54) is 44.5 Å². The summed E-state index contributed by atoms with van der Waals surface area (Å²) in [5.74, 6) is 1.59. The van der Waals surface area contributed by atoms with E-state index < -0.39 is 0 Å². The fraction of sp³-hybridized carbons (Fsp3) is 0.565. The summed E-state index contributed by atoms with van der Waals surface area (Å²) in [6.45, 7) is 11.8. The molecule has 0 saturated carbocycles. The number of benzene rings is 1. The zero-order valence-corrected chi connectivity index (χ0v) is 21.1. The lowest BCUT2D eigenvalue weighted by atomic mass is 9.97. The lowest BCUT2D eigenvalue weighted by Gasteiger charge is -2.32. The number of rotatable bonds is 7. The maximum absolute atomic E-state index is 4.64. The summed E-state index contributed by atoms with van der Waals surface area (Å²) in [6, 6.07) is 10.5. The molecule has 2 N–H and O–H groups in total. The SMILES string of the molecule is CCCN1CCC(CNC(=NC)NCc2ccccc2-n2nc(C)cc2C)CC1.I. The topological polar surface area (TPSA) is 57.5 Å². The normalized spacial score (nSPS) is 15.7. The fourth-order valence-corrected chi connectivity index (χ4v) is 4.11. The highest BCUT2D eigenvalue weighted by atomic mass is 127.